The summed E-state index contributed by atoms with van der Waals surface area (Å²) in [5.41, 5.74) is 4.77. The van der Waals surface area contributed by atoms with Crippen molar-refractivity contribution in [2.75, 3.05) is 0 Å². The van der Waals surface area contributed by atoms with E-state index < -0.39 is 13.7 Å². The van der Waals surface area contributed by atoms with Gasteiger partial charge in [-0.05, 0) is 56.0 Å². The second-order valence-electron chi connectivity index (χ2n) is 8.02. The first-order valence-corrected chi connectivity index (χ1v) is 10.1. The summed E-state index contributed by atoms with van der Waals surface area (Å²) in [5, 5.41) is 3.79. The third kappa shape index (κ3) is 2.59. The largest absolute Gasteiger partial charge is 0.455 e. The molecule has 0 N–H and O–H groups in total. The molecule has 6 aromatic rings. The van der Waals surface area contributed by atoms with Gasteiger partial charge in [-0.1, -0.05) is 30.3 Å². The minimum atomic E-state index is -2.59. The van der Waals surface area contributed by atoms with Crippen molar-refractivity contribution in [3.63, 3.8) is 0 Å². The van der Waals surface area contributed by atoms with E-state index in [1.165, 1.54) is 12.3 Å². The predicted octanol–water partition coefficient (Wildman–Crippen LogP) is 6.70. The summed E-state index contributed by atoms with van der Waals surface area (Å²) >= 11 is 0. The number of nitrogens with zero attached hydrogens (tertiary/aromatic N) is 2. The predicted molar refractivity (Wildman–Crippen MR) is 127 cm³/mol. The van der Waals surface area contributed by atoms with Crippen LogP contribution in [0.1, 0.15) is 24.9 Å². The molecule has 0 fully saturated rings. The van der Waals surface area contributed by atoms with E-state index in [1.54, 1.807) is 11.6 Å². The zero-order valence-corrected chi connectivity index (χ0v) is 17.2. The van der Waals surface area contributed by atoms with Crippen LogP contribution < -0.4 is 4.57 Å². The SMILES string of the molecule is [2H]C([2H])([2H])c1cc(-c2c(C)ccc3c2oc2ccc4cc5ccccc5nc4c23)[n+](C)cc1C([2H])([2H])[2H]. The van der Waals surface area contributed by atoms with Gasteiger partial charge in [0.2, 0.25) is 5.69 Å². The van der Waals surface area contributed by atoms with Crippen molar-refractivity contribution >= 4 is 43.7 Å². The topological polar surface area (TPSA) is 29.9 Å². The van der Waals surface area contributed by atoms with E-state index in [9.17, 15) is 0 Å². The summed E-state index contributed by atoms with van der Waals surface area (Å²) in [6.45, 7) is -3.23. The smallest absolute Gasteiger partial charge is 0.216 e. The molecular formula is C28H23N2O+. The second kappa shape index (κ2) is 6.39. The standard InChI is InChI=1S/C28H23N2O/c1-16-9-11-21-26-24(12-10-20-14-19-7-5-6-8-22(19)29-27(20)26)31-28(21)25(16)23-13-17(2)18(3)15-30(23)4/h5-15H,1-4H3/q+1/i2D3,3D3. The van der Waals surface area contributed by atoms with Gasteiger partial charge in [-0.2, -0.15) is 0 Å². The van der Waals surface area contributed by atoms with Gasteiger partial charge in [-0.25, -0.2) is 9.55 Å². The Hall–Kier alpha value is -3.72. The Morgan fingerprint density at radius 2 is 1.77 bits per heavy atom. The summed E-state index contributed by atoms with van der Waals surface area (Å²) in [6.07, 6.45) is 1.40. The minimum absolute atomic E-state index is 0.185. The average Bonchev–Trinajstić information content (AvgIpc) is 3.20. The van der Waals surface area contributed by atoms with E-state index in [4.69, 9.17) is 17.6 Å². The highest BCUT2D eigenvalue weighted by Gasteiger charge is 2.22. The lowest BCUT2D eigenvalue weighted by Gasteiger charge is -2.08. The molecule has 0 bridgehead atoms. The van der Waals surface area contributed by atoms with Crippen LogP contribution in [0.3, 0.4) is 0 Å². The number of hydrogen-bond acceptors (Lipinski definition) is 2. The third-order valence-electron chi connectivity index (χ3n) is 6.03. The van der Waals surface area contributed by atoms with Crippen molar-refractivity contribution in [1.29, 1.82) is 0 Å². The molecule has 0 aliphatic heterocycles. The molecule has 0 atom stereocenters. The van der Waals surface area contributed by atoms with Crippen molar-refractivity contribution < 1.29 is 17.2 Å². The van der Waals surface area contributed by atoms with Crippen molar-refractivity contribution in [2.24, 2.45) is 7.05 Å². The highest BCUT2D eigenvalue weighted by Crippen LogP contribution is 2.40. The maximum absolute atomic E-state index is 8.03. The Balaban J connectivity index is 1.71. The van der Waals surface area contributed by atoms with E-state index in [1.807, 2.05) is 55.5 Å². The zero-order chi connectivity index (χ0) is 26.3. The van der Waals surface area contributed by atoms with Crippen molar-refractivity contribution in [2.45, 2.75) is 20.6 Å². The molecule has 6 rings (SSSR count). The molecule has 31 heavy (non-hydrogen) atoms. The lowest BCUT2D eigenvalue weighted by atomic mass is 9.98. The highest BCUT2D eigenvalue weighted by atomic mass is 16.3. The number of fused-ring (bicyclic) bond motifs is 6. The number of pyridine rings is 2. The van der Waals surface area contributed by atoms with E-state index in [2.05, 4.69) is 6.07 Å². The number of aryl methyl sites for hydroxylation is 4. The lowest BCUT2D eigenvalue weighted by Crippen LogP contribution is -2.31. The minimum Gasteiger partial charge on any atom is -0.455 e. The Kier molecular flexibility index (Phi) is 2.65. The maximum Gasteiger partial charge on any atom is 0.216 e. The first-order valence-electron chi connectivity index (χ1n) is 13.1. The number of benzene rings is 3. The molecule has 3 nitrogen and oxygen atoms in total. The quantitative estimate of drug-likeness (QED) is 0.223. The van der Waals surface area contributed by atoms with Crippen molar-refractivity contribution in [3.05, 3.63) is 83.6 Å². The van der Waals surface area contributed by atoms with Crippen LogP contribution >= 0.6 is 0 Å². The van der Waals surface area contributed by atoms with Crippen LogP contribution in [0.15, 0.2) is 71.3 Å². The zero-order valence-electron chi connectivity index (χ0n) is 23.2. The highest BCUT2D eigenvalue weighted by molar-refractivity contribution is 6.20. The van der Waals surface area contributed by atoms with Gasteiger partial charge in [-0.3, -0.25) is 0 Å². The van der Waals surface area contributed by atoms with Gasteiger partial charge in [0, 0.05) is 36.0 Å². The van der Waals surface area contributed by atoms with Gasteiger partial charge in [-0.15, -0.1) is 0 Å². The average molecular weight is 410 g/mol. The van der Waals surface area contributed by atoms with Gasteiger partial charge in [0.05, 0.1) is 22.0 Å². The molecule has 0 amide bonds. The lowest BCUT2D eigenvalue weighted by molar-refractivity contribution is -0.660. The number of aromatic nitrogens is 2. The Morgan fingerprint density at radius 3 is 2.65 bits per heavy atom. The molecule has 0 saturated heterocycles. The van der Waals surface area contributed by atoms with Crippen LogP contribution in [-0.4, -0.2) is 4.98 Å². The molecule has 3 aromatic carbocycles. The molecule has 3 aromatic heterocycles. The summed E-state index contributed by atoms with van der Waals surface area (Å²) in [5.74, 6) is 0. The summed E-state index contributed by atoms with van der Waals surface area (Å²) in [7, 11) is 1.72. The molecule has 150 valence electrons. The van der Waals surface area contributed by atoms with Gasteiger partial charge in [0.1, 0.15) is 18.2 Å². The molecule has 0 unspecified atom stereocenters. The molecule has 3 heterocycles. The summed E-state index contributed by atoms with van der Waals surface area (Å²) < 4.78 is 55.8. The number of rotatable bonds is 1. The Bertz CT molecular complexity index is 1880. The van der Waals surface area contributed by atoms with E-state index in [-0.39, 0.29) is 11.1 Å². The van der Waals surface area contributed by atoms with Crippen LogP contribution in [0.4, 0.5) is 0 Å². The van der Waals surface area contributed by atoms with Gasteiger partial charge in [0.15, 0.2) is 6.20 Å². The van der Waals surface area contributed by atoms with Crippen LogP contribution in [0, 0.1) is 20.6 Å². The van der Waals surface area contributed by atoms with Crippen LogP contribution in [0.5, 0.6) is 0 Å². The fourth-order valence-electron chi connectivity index (χ4n) is 4.48. The maximum atomic E-state index is 8.03. The van der Waals surface area contributed by atoms with Gasteiger partial charge >= 0.3 is 0 Å². The van der Waals surface area contributed by atoms with Crippen molar-refractivity contribution in [3.8, 4) is 11.3 Å². The second-order valence-corrected chi connectivity index (χ2v) is 8.02. The molecule has 0 saturated carbocycles. The molecule has 0 radical (unpaired) electrons. The normalized spacial score (nSPS) is 15.5. The van der Waals surface area contributed by atoms with E-state index >= 15 is 0 Å². The van der Waals surface area contributed by atoms with Crippen LogP contribution in [-0.2, 0) is 7.05 Å². The molecular weight excluding hydrogens is 380 g/mol. The van der Waals surface area contributed by atoms with Crippen molar-refractivity contribution in [1.82, 2.24) is 4.98 Å². The monoisotopic (exact) mass is 409 g/mol. The fourth-order valence-corrected chi connectivity index (χ4v) is 4.48. The molecule has 3 heteroatoms. The molecule has 0 aliphatic carbocycles. The summed E-state index contributed by atoms with van der Waals surface area (Å²) in [6, 6.07) is 19.4. The van der Waals surface area contributed by atoms with Crippen LogP contribution in [0.2, 0.25) is 0 Å². The first kappa shape index (κ1) is 12.9. The Morgan fingerprint density at radius 1 is 0.903 bits per heavy atom. The van der Waals surface area contributed by atoms with Gasteiger partial charge < -0.3 is 4.42 Å². The fraction of sp³-hybridized carbons (Fsp3) is 0.143. The first-order chi connectivity index (χ1) is 17.4. The Labute approximate surface area is 189 Å². The number of furan rings is 1. The number of hydrogen-bond donors (Lipinski definition) is 0. The number of para-hydroxylation sites is 1. The van der Waals surface area contributed by atoms with E-state index in [0.717, 1.165) is 38.1 Å². The molecule has 0 spiro atoms. The summed E-state index contributed by atoms with van der Waals surface area (Å²) in [4.78, 5) is 4.95. The van der Waals surface area contributed by atoms with Crippen LogP contribution in [0.25, 0.3) is 55.0 Å². The molecule has 0 aliphatic rings. The van der Waals surface area contributed by atoms with Gasteiger partial charge in [0.25, 0.3) is 0 Å². The third-order valence-corrected chi connectivity index (χ3v) is 6.03. The van der Waals surface area contributed by atoms with E-state index in [0.29, 0.717) is 22.4 Å².